The fourth-order valence-electron chi connectivity index (χ4n) is 5.10. The van der Waals surface area contributed by atoms with Gasteiger partial charge < -0.3 is 4.74 Å². The van der Waals surface area contributed by atoms with Crippen LogP contribution in [-0.2, 0) is 6.42 Å². The van der Waals surface area contributed by atoms with Crippen LogP contribution in [0.4, 0.5) is 0 Å². The zero-order valence-corrected chi connectivity index (χ0v) is 21.2. The third-order valence-corrected chi connectivity index (χ3v) is 7.37. The average Bonchev–Trinajstić information content (AvgIpc) is 2.86. The summed E-state index contributed by atoms with van der Waals surface area (Å²) in [6.07, 6.45) is 23.9. The Morgan fingerprint density at radius 1 is 0.697 bits per heavy atom. The zero-order valence-electron chi connectivity index (χ0n) is 21.2. The van der Waals surface area contributed by atoms with Gasteiger partial charge >= 0.3 is 0 Å². The molecule has 1 saturated carbocycles. The fourth-order valence-corrected chi connectivity index (χ4v) is 5.10. The Hall–Kier alpha value is -1.90. The summed E-state index contributed by atoms with van der Waals surface area (Å²) in [7, 11) is 0. The first kappa shape index (κ1) is 25.7. The molecule has 0 N–H and O–H groups in total. The summed E-state index contributed by atoms with van der Waals surface area (Å²) in [6.45, 7) is 5.35. The molecule has 1 aromatic carbocycles. The van der Waals surface area contributed by atoms with E-state index in [4.69, 9.17) is 4.74 Å². The van der Waals surface area contributed by atoms with Crippen LogP contribution in [0.5, 0.6) is 5.75 Å². The Balaban J connectivity index is 1.36. The monoisotopic (exact) mass is 450 g/mol. The number of rotatable bonds is 15. The van der Waals surface area contributed by atoms with Crippen LogP contribution in [0.1, 0.15) is 110 Å². The van der Waals surface area contributed by atoms with E-state index in [9.17, 15) is 0 Å². The molecule has 0 amide bonds. The molecule has 1 aromatic heterocycles. The van der Waals surface area contributed by atoms with E-state index in [1.54, 1.807) is 0 Å². The lowest BCUT2D eigenvalue weighted by Crippen LogP contribution is -2.15. The minimum Gasteiger partial charge on any atom is -0.494 e. The highest BCUT2D eigenvalue weighted by Crippen LogP contribution is 2.34. The molecule has 3 nitrogen and oxygen atoms in total. The van der Waals surface area contributed by atoms with Gasteiger partial charge in [-0.15, -0.1) is 0 Å². The van der Waals surface area contributed by atoms with E-state index < -0.39 is 0 Å². The maximum Gasteiger partial charge on any atom is 0.128 e. The number of hydrogen-bond acceptors (Lipinski definition) is 3. The molecule has 2 aromatic rings. The third kappa shape index (κ3) is 9.47. The van der Waals surface area contributed by atoms with E-state index in [2.05, 4.69) is 48.1 Å². The van der Waals surface area contributed by atoms with Crippen molar-refractivity contribution in [2.75, 3.05) is 6.61 Å². The molecule has 0 radical (unpaired) electrons. The van der Waals surface area contributed by atoms with Gasteiger partial charge in [-0.05, 0) is 42.4 Å². The van der Waals surface area contributed by atoms with Crippen molar-refractivity contribution in [1.29, 1.82) is 0 Å². The molecule has 3 rings (SSSR count). The Labute approximate surface area is 202 Å². The van der Waals surface area contributed by atoms with Crippen molar-refractivity contribution in [2.45, 2.75) is 110 Å². The molecule has 0 saturated heterocycles. The minimum absolute atomic E-state index is 0.807. The van der Waals surface area contributed by atoms with Crippen LogP contribution < -0.4 is 4.74 Å². The molecule has 182 valence electrons. The predicted octanol–water partition coefficient (Wildman–Crippen LogP) is 8.81. The summed E-state index contributed by atoms with van der Waals surface area (Å²) >= 11 is 0. The van der Waals surface area contributed by atoms with Gasteiger partial charge in [-0.3, -0.25) is 0 Å². The van der Waals surface area contributed by atoms with Gasteiger partial charge in [0.05, 0.1) is 6.61 Å². The zero-order chi connectivity index (χ0) is 23.1. The Morgan fingerprint density at radius 2 is 1.30 bits per heavy atom. The number of hydrogen-bond donors (Lipinski definition) is 0. The Kier molecular flexibility index (Phi) is 11.8. The van der Waals surface area contributed by atoms with Crippen molar-refractivity contribution < 1.29 is 4.74 Å². The summed E-state index contributed by atoms with van der Waals surface area (Å²) < 4.78 is 5.89. The number of aromatic nitrogens is 2. The summed E-state index contributed by atoms with van der Waals surface area (Å²) in [4.78, 5) is 9.34. The molecule has 1 aliphatic rings. The number of nitrogens with zero attached hydrogens (tertiary/aromatic N) is 2. The Morgan fingerprint density at radius 3 is 1.97 bits per heavy atom. The summed E-state index contributed by atoms with van der Waals surface area (Å²) in [5.41, 5.74) is 2.23. The first-order chi connectivity index (χ1) is 16.3. The van der Waals surface area contributed by atoms with E-state index >= 15 is 0 Å². The molecule has 0 atom stereocenters. The SMILES string of the molecule is CCCCCCCOc1ccc(-c2cnc(CC[C@H]3CC[C@H](CCCCC)CC3)nc2)cc1. The predicted molar refractivity (Wildman–Crippen MR) is 140 cm³/mol. The summed E-state index contributed by atoms with van der Waals surface area (Å²) in [5.74, 6) is 3.81. The summed E-state index contributed by atoms with van der Waals surface area (Å²) in [6, 6.07) is 8.36. The highest BCUT2D eigenvalue weighted by Gasteiger charge is 2.20. The number of unbranched alkanes of at least 4 members (excludes halogenated alkanes) is 6. The summed E-state index contributed by atoms with van der Waals surface area (Å²) in [5, 5.41) is 0. The second kappa shape index (κ2) is 15.1. The third-order valence-electron chi connectivity index (χ3n) is 7.37. The molecule has 0 bridgehead atoms. The van der Waals surface area contributed by atoms with Gasteiger partial charge in [0.2, 0.25) is 0 Å². The number of aryl methyl sites for hydroxylation is 1. The van der Waals surface area contributed by atoms with Gasteiger partial charge in [-0.2, -0.15) is 0 Å². The van der Waals surface area contributed by atoms with E-state index in [1.807, 2.05) is 12.4 Å². The standard InChI is InChI=1S/C30H46N2O/c1-3-5-7-8-10-22-33-29-19-17-27(18-20-29)28-23-31-30(32-24-28)21-16-26-14-12-25(13-15-26)11-9-6-4-2/h17-20,23-26H,3-16,21-22H2,1-2H3/t25-,26-. The maximum absolute atomic E-state index is 5.89. The average molecular weight is 451 g/mol. The lowest BCUT2D eigenvalue weighted by molar-refractivity contribution is 0.248. The minimum atomic E-state index is 0.807. The van der Waals surface area contributed by atoms with Crippen molar-refractivity contribution in [3.63, 3.8) is 0 Å². The highest BCUT2D eigenvalue weighted by atomic mass is 16.5. The lowest BCUT2D eigenvalue weighted by atomic mass is 9.78. The number of benzene rings is 1. The van der Waals surface area contributed by atoms with Crippen LogP contribution in [0.2, 0.25) is 0 Å². The maximum atomic E-state index is 5.89. The highest BCUT2D eigenvalue weighted by molar-refractivity contribution is 5.62. The second-order valence-corrected chi connectivity index (χ2v) is 10.1. The van der Waals surface area contributed by atoms with Crippen LogP contribution in [0, 0.1) is 11.8 Å². The lowest BCUT2D eigenvalue weighted by Gasteiger charge is -2.28. The number of ether oxygens (including phenoxy) is 1. The molecule has 1 heterocycles. The first-order valence-corrected chi connectivity index (χ1v) is 13.8. The quantitative estimate of drug-likeness (QED) is 0.254. The molecule has 0 aliphatic heterocycles. The van der Waals surface area contributed by atoms with Gasteiger partial charge in [0.15, 0.2) is 0 Å². The van der Waals surface area contributed by atoms with Crippen LogP contribution in [0.15, 0.2) is 36.7 Å². The van der Waals surface area contributed by atoms with Crippen molar-refractivity contribution in [2.24, 2.45) is 11.8 Å². The van der Waals surface area contributed by atoms with Crippen LogP contribution in [-0.4, -0.2) is 16.6 Å². The van der Waals surface area contributed by atoms with E-state index in [0.29, 0.717) is 0 Å². The van der Waals surface area contributed by atoms with Crippen molar-refractivity contribution >= 4 is 0 Å². The van der Waals surface area contributed by atoms with Crippen LogP contribution in [0.3, 0.4) is 0 Å². The molecule has 1 fully saturated rings. The van der Waals surface area contributed by atoms with Gasteiger partial charge in [0.1, 0.15) is 11.6 Å². The molecule has 0 unspecified atom stereocenters. The normalized spacial score (nSPS) is 18.4. The fraction of sp³-hybridized carbons (Fsp3) is 0.667. The van der Waals surface area contributed by atoms with E-state index in [0.717, 1.165) is 54.0 Å². The second-order valence-electron chi connectivity index (χ2n) is 10.1. The largest absolute Gasteiger partial charge is 0.494 e. The smallest absolute Gasteiger partial charge is 0.128 e. The first-order valence-electron chi connectivity index (χ1n) is 13.8. The molecular formula is C30H46N2O. The Bertz CT molecular complexity index is 748. The topological polar surface area (TPSA) is 35.0 Å². The van der Waals surface area contributed by atoms with Gasteiger partial charge in [0, 0.05) is 24.4 Å². The molecule has 0 spiro atoms. The van der Waals surface area contributed by atoms with Gasteiger partial charge in [-0.25, -0.2) is 9.97 Å². The molecule has 1 aliphatic carbocycles. The van der Waals surface area contributed by atoms with Crippen molar-refractivity contribution in [3.05, 3.63) is 42.5 Å². The molecule has 3 heteroatoms. The van der Waals surface area contributed by atoms with Crippen LogP contribution in [0.25, 0.3) is 11.1 Å². The van der Waals surface area contributed by atoms with Crippen molar-refractivity contribution in [1.82, 2.24) is 9.97 Å². The van der Waals surface area contributed by atoms with Gasteiger partial charge in [-0.1, -0.05) is 103 Å². The van der Waals surface area contributed by atoms with E-state index in [1.165, 1.54) is 83.5 Å². The van der Waals surface area contributed by atoms with Crippen molar-refractivity contribution in [3.8, 4) is 16.9 Å². The van der Waals surface area contributed by atoms with E-state index in [-0.39, 0.29) is 0 Å². The van der Waals surface area contributed by atoms with Gasteiger partial charge in [0.25, 0.3) is 0 Å². The van der Waals surface area contributed by atoms with Crippen LogP contribution >= 0.6 is 0 Å². The molecule has 33 heavy (non-hydrogen) atoms. The molecular weight excluding hydrogens is 404 g/mol.